The van der Waals surface area contributed by atoms with Crippen LogP contribution in [0.3, 0.4) is 0 Å². The first-order valence-corrected chi connectivity index (χ1v) is 7.49. The van der Waals surface area contributed by atoms with Gasteiger partial charge in [-0.2, -0.15) is 5.26 Å². The Morgan fingerprint density at radius 3 is 2.94 bits per heavy atom. The number of ether oxygens (including phenoxy) is 1. The lowest BCUT2D eigenvalue weighted by Gasteiger charge is -2.40. The van der Waals surface area contributed by atoms with E-state index in [1.807, 2.05) is 0 Å². The van der Waals surface area contributed by atoms with E-state index in [1.54, 1.807) is 0 Å². The molecule has 2 aliphatic rings. The monoisotopic (exact) mass is 250 g/mol. The van der Waals surface area contributed by atoms with Crippen molar-refractivity contribution >= 4 is 0 Å². The third-order valence-electron chi connectivity index (χ3n) is 4.62. The summed E-state index contributed by atoms with van der Waals surface area (Å²) < 4.78 is 5.72. The third kappa shape index (κ3) is 3.24. The lowest BCUT2D eigenvalue weighted by molar-refractivity contribution is 0.0444. The van der Waals surface area contributed by atoms with Gasteiger partial charge >= 0.3 is 0 Å². The molecule has 1 aliphatic heterocycles. The van der Waals surface area contributed by atoms with Crippen LogP contribution in [0.15, 0.2) is 0 Å². The van der Waals surface area contributed by atoms with Gasteiger partial charge in [0.15, 0.2) is 0 Å². The van der Waals surface area contributed by atoms with E-state index in [1.165, 1.54) is 19.3 Å². The molecule has 0 aromatic rings. The molecule has 0 amide bonds. The molecule has 3 heteroatoms. The Labute approximate surface area is 111 Å². The van der Waals surface area contributed by atoms with Gasteiger partial charge in [0.1, 0.15) is 0 Å². The molecule has 18 heavy (non-hydrogen) atoms. The highest BCUT2D eigenvalue weighted by molar-refractivity contribution is 4.98. The molecule has 4 atom stereocenters. The summed E-state index contributed by atoms with van der Waals surface area (Å²) in [6.45, 7) is 7.41. The molecule has 4 unspecified atom stereocenters. The summed E-state index contributed by atoms with van der Waals surface area (Å²) in [4.78, 5) is 2.54. The van der Waals surface area contributed by atoms with Crippen molar-refractivity contribution in [3.8, 4) is 6.07 Å². The molecule has 1 saturated heterocycles. The molecule has 0 N–H and O–H groups in total. The largest absolute Gasteiger partial charge is 0.377 e. The maximum Gasteiger partial charge on any atom is 0.0674 e. The van der Waals surface area contributed by atoms with E-state index in [-0.39, 0.29) is 5.92 Å². The predicted octanol–water partition coefficient (Wildman–Crippen LogP) is 2.82. The van der Waals surface area contributed by atoms with Gasteiger partial charge in [-0.3, -0.25) is 4.90 Å². The van der Waals surface area contributed by atoms with Crippen LogP contribution < -0.4 is 0 Å². The zero-order valence-corrected chi connectivity index (χ0v) is 11.8. The van der Waals surface area contributed by atoms with Crippen molar-refractivity contribution < 1.29 is 4.74 Å². The molecule has 0 aromatic heterocycles. The van der Waals surface area contributed by atoms with Crippen molar-refractivity contribution in [1.82, 2.24) is 4.90 Å². The Kier molecular flexibility index (Phi) is 5.03. The summed E-state index contributed by atoms with van der Waals surface area (Å²) in [5.41, 5.74) is 0. The fourth-order valence-corrected chi connectivity index (χ4v) is 3.48. The Balaban J connectivity index is 2.04. The van der Waals surface area contributed by atoms with Gasteiger partial charge < -0.3 is 4.74 Å². The van der Waals surface area contributed by atoms with Crippen molar-refractivity contribution in [3.63, 3.8) is 0 Å². The number of rotatable bonds is 2. The average molecular weight is 250 g/mol. The van der Waals surface area contributed by atoms with Crippen LogP contribution in [0.4, 0.5) is 0 Å². The van der Waals surface area contributed by atoms with Crippen molar-refractivity contribution in [2.45, 2.75) is 58.1 Å². The van der Waals surface area contributed by atoms with Gasteiger partial charge in [0.2, 0.25) is 0 Å². The lowest BCUT2D eigenvalue weighted by Crippen LogP contribution is -2.46. The Morgan fingerprint density at radius 2 is 2.22 bits per heavy atom. The Bertz CT molecular complexity index is 299. The topological polar surface area (TPSA) is 36.3 Å². The van der Waals surface area contributed by atoms with Gasteiger partial charge in [0.05, 0.1) is 18.1 Å². The molecule has 0 aromatic carbocycles. The zero-order valence-electron chi connectivity index (χ0n) is 11.8. The second-order valence-electron chi connectivity index (χ2n) is 5.92. The van der Waals surface area contributed by atoms with Crippen molar-refractivity contribution in [3.05, 3.63) is 0 Å². The Hall–Kier alpha value is -0.590. The highest BCUT2D eigenvalue weighted by Gasteiger charge is 2.34. The molecular weight excluding hydrogens is 224 g/mol. The first-order valence-electron chi connectivity index (χ1n) is 7.49. The van der Waals surface area contributed by atoms with Crippen molar-refractivity contribution in [2.75, 3.05) is 19.7 Å². The summed E-state index contributed by atoms with van der Waals surface area (Å²) in [6.07, 6.45) is 6.22. The molecule has 3 nitrogen and oxygen atoms in total. The van der Waals surface area contributed by atoms with Crippen LogP contribution in [-0.2, 0) is 4.74 Å². The maximum atomic E-state index is 9.38. The van der Waals surface area contributed by atoms with E-state index >= 15 is 0 Å². The van der Waals surface area contributed by atoms with E-state index < -0.39 is 0 Å². The van der Waals surface area contributed by atoms with E-state index in [9.17, 15) is 5.26 Å². The number of nitrogens with zero attached hydrogens (tertiary/aromatic N) is 2. The summed E-state index contributed by atoms with van der Waals surface area (Å²) >= 11 is 0. The van der Waals surface area contributed by atoms with Gasteiger partial charge in [-0.15, -0.1) is 0 Å². The van der Waals surface area contributed by atoms with Gasteiger partial charge in [0.25, 0.3) is 0 Å². The van der Waals surface area contributed by atoms with E-state index in [2.05, 4.69) is 24.8 Å². The first-order chi connectivity index (χ1) is 8.74. The molecule has 102 valence electrons. The zero-order chi connectivity index (χ0) is 13.0. The van der Waals surface area contributed by atoms with Crippen LogP contribution in [0.2, 0.25) is 0 Å². The van der Waals surface area contributed by atoms with E-state index in [0.717, 1.165) is 38.5 Å². The standard InChI is InChI=1S/C15H26N2O/c1-3-13-5-6-14(10-16)15(9-13)17-7-4-8-18-12(2)11-17/h12-15H,3-9,11H2,1-2H3. The van der Waals surface area contributed by atoms with E-state index in [4.69, 9.17) is 4.74 Å². The van der Waals surface area contributed by atoms with Crippen LogP contribution in [0.25, 0.3) is 0 Å². The minimum Gasteiger partial charge on any atom is -0.377 e. The van der Waals surface area contributed by atoms with Crippen LogP contribution in [-0.4, -0.2) is 36.7 Å². The number of nitriles is 1. The quantitative estimate of drug-likeness (QED) is 0.756. The first kappa shape index (κ1) is 13.8. The molecule has 0 bridgehead atoms. The minimum atomic E-state index is 0.234. The smallest absolute Gasteiger partial charge is 0.0674 e. The number of hydrogen-bond acceptors (Lipinski definition) is 3. The molecule has 0 spiro atoms. The summed E-state index contributed by atoms with van der Waals surface area (Å²) in [5, 5.41) is 9.38. The molecule has 1 aliphatic carbocycles. The summed E-state index contributed by atoms with van der Waals surface area (Å²) in [6, 6.07) is 3.02. The van der Waals surface area contributed by atoms with Gasteiger partial charge in [-0.1, -0.05) is 13.3 Å². The SMILES string of the molecule is CCC1CCC(C#N)C(N2CCCOC(C)C2)C1. The fraction of sp³-hybridized carbons (Fsp3) is 0.933. The molecule has 1 saturated carbocycles. The third-order valence-corrected chi connectivity index (χ3v) is 4.62. The van der Waals surface area contributed by atoms with Crippen LogP contribution in [0.1, 0.15) is 46.0 Å². The van der Waals surface area contributed by atoms with Crippen LogP contribution >= 0.6 is 0 Å². The average Bonchev–Trinajstić information content (AvgIpc) is 2.62. The predicted molar refractivity (Wildman–Crippen MR) is 72.1 cm³/mol. The molecule has 0 radical (unpaired) electrons. The summed E-state index contributed by atoms with van der Waals surface area (Å²) in [7, 11) is 0. The lowest BCUT2D eigenvalue weighted by atomic mass is 9.77. The van der Waals surface area contributed by atoms with Gasteiger partial charge in [-0.05, 0) is 38.5 Å². The molecule has 1 heterocycles. The Morgan fingerprint density at radius 1 is 1.39 bits per heavy atom. The second-order valence-corrected chi connectivity index (χ2v) is 5.92. The molecule has 2 fully saturated rings. The van der Waals surface area contributed by atoms with Crippen molar-refractivity contribution in [1.29, 1.82) is 5.26 Å². The molecular formula is C15H26N2O. The van der Waals surface area contributed by atoms with Crippen LogP contribution in [0.5, 0.6) is 0 Å². The van der Waals surface area contributed by atoms with Gasteiger partial charge in [0, 0.05) is 25.7 Å². The van der Waals surface area contributed by atoms with E-state index in [0.29, 0.717) is 12.1 Å². The highest BCUT2D eigenvalue weighted by atomic mass is 16.5. The summed E-state index contributed by atoms with van der Waals surface area (Å²) in [5.74, 6) is 1.05. The number of hydrogen-bond donors (Lipinski definition) is 0. The van der Waals surface area contributed by atoms with Crippen molar-refractivity contribution in [2.24, 2.45) is 11.8 Å². The second kappa shape index (κ2) is 6.54. The maximum absolute atomic E-state index is 9.38. The molecule has 2 rings (SSSR count). The minimum absolute atomic E-state index is 0.234. The normalized spacial score (nSPS) is 38.9. The van der Waals surface area contributed by atoms with Gasteiger partial charge in [-0.25, -0.2) is 0 Å². The van der Waals surface area contributed by atoms with Crippen LogP contribution in [0, 0.1) is 23.2 Å². The highest BCUT2D eigenvalue weighted by Crippen LogP contribution is 2.34. The fourth-order valence-electron chi connectivity index (χ4n) is 3.48.